The van der Waals surface area contributed by atoms with E-state index in [1.54, 1.807) is 0 Å². The van der Waals surface area contributed by atoms with Gasteiger partial charge in [-0.25, -0.2) is 0 Å². The molecule has 3 aromatic rings. The summed E-state index contributed by atoms with van der Waals surface area (Å²) >= 11 is -0.109. The summed E-state index contributed by atoms with van der Waals surface area (Å²) in [6.07, 6.45) is 3.69. The first-order chi connectivity index (χ1) is 13.3. The zero-order valence-electron chi connectivity index (χ0n) is 16.2. The second-order valence-electron chi connectivity index (χ2n) is 6.84. The van der Waals surface area contributed by atoms with E-state index in [0.717, 1.165) is 11.7 Å². The maximum absolute atomic E-state index is 5.97. The summed E-state index contributed by atoms with van der Waals surface area (Å²) in [5, 5.41) is 0. The fraction of sp³-hybridized carbons (Fsp3) is 0.280. The Morgan fingerprint density at radius 2 is 1.30 bits per heavy atom. The van der Waals surface area contributed by atoms with E-state index in [1.807, 2.05) is 0 Å². The van der Waals surface area contributed by atoms with Crippen LogP contribution in [0.4, 0.5) is 0 Å². The third-order valence-corrected chi connectivity index (χ3v) is 7.56. The molecule has 0 saturated heterocycles. The van der Waals surface area contributed by atoms with E-state index in [4.69, 9.17) is 4.74 Å². The zero-order valence-corrected chi connectivity index (χ0v) is 18.4. The van der Waals surface area contributed by atoms with Crippen molar-refractivity contribution in [2.45, 2.75) is 39.7 Å². The van der Waals surface area contributed by atoms with Crippen LogP contribution < -0.4 is 25.9 Å². The predicted molar refractivity (Wildman–Crippen MR) is 109 cm³/mol. The molecule has 0 atom stereocenters. The molecule has 2 heteroatoms. The molecule has 0 aliphatic rings. The first-order valence-electron chi connectivity index (χ1n) is 9.77. The molecular weight excluding hydrogens is 443 g/mol. The molecule has 27 heavy (non-hydrogen) atoms. The first kappa shape index (κ1) is 19.9. The minimum absolute atomic E-state index is 0.109. The SMILES string of the molecule is CCC(CC)Cc1ccc(COc2ccc([I-]c3ccccc3)cc2)cc1. The molecule has 0 N–H and O–H groups in total. The summed E-state index contributed by atoms with van der Waals surface area (Å²) in [5.41, 5.74) is 2.66. The monoisotopic (exact) mass is 471 g/mol. The number of benzene rings is 3. The second-order valence-corrected chi connectivity index (χ2v) is 9.87. The van der Waals surface area contributed by atoms with Crippen LogP contribution in [0.15, 0.2) is 78.9 Å². The van der Waals surface area contributed by atoms with Gasteiger partial charge in [-0.15, -0.1) is 0 Å². The Bertz CT molecular complexity index is 790. The van der Waals surface area contributed by atoms with Crippen molar-refractivity contribution in [2.75, 3.05) is 0 Å². The summed E-state index contributed by atoms with van der Waals surface area (Å²) in [6, 6.07) is 28.2. The van der Waals surface area contributed by atoms with Crippen LogP contribution >= 0.6 is 0 Å². The van der Waals surface area contributed by atoms with Crippen molar-refractivity contribution in [3.8, 4) is 5.75 Å². The molecule has 0 radical (unpaired) electrons. The summed E-state index contributed by atoms with van der Waals surface area (Å²) in [7, 11) is 0. The molecular formula is C25H28IO-. The Morgan fingerprint density at radius 3 is 1.93 bits per heavy atom. The van der Waals surface area contributed by atoms with Crippen molar-refractivity contribution in [1.82, 2.24) is 0 Å². The van der Waals surface area contributed by atoms with Gasteiger partial charge in [0, 0.05) is 0 Å². The quantitative estimate of drug-likeness (QED) is 0.435. The Hall–Kier alpha value is -1.81. The van der Waals surface area contributed by atoms with Gasteiger partial charge in [0.05, 0.1) is 0 Å². The van der Waals surface area contributed by atoms with Crippen LogP contribution in [0.25, 0.3) is 0 Å². The molecule has 0 aromatic heterocycles. The van der Waals surface area contributed by atoms with Crippen LogP contribution in [0.3, 0.4) is 0 Å². The molecule has 0 saturated carbocycles. The number of hydrogen-bond donors (Lipinski definition) is 0. The Kier molecular flexibility index (Phi) is 7.76. The summed E-state index contributed by atoms with van der Waals surface area (Å²) < 4.78 is 8.83. The molecule has 0 heterocycles. The molecule has 0 bridgehead atoms. The summed E-state index contributed by atoms with van der Waals surface area (Å²) in [5.74, 6) is 1.74. The van der Waals surface area contributed by atoms with E-state index in [-0.39, 0.29) is 21.2 Å². The molecule has 3 aromatic carbocycles. The van der Waals surface area contributed by atoms with Gasteiger partial charge in [0.15, 0.2) is 0 Å². The van der Waals surface area contributed by atoms with Crippen LogP contribution in [-0.2, 0) is 13.0 Å². The van der Waals surface area contributed by atoms with E-state index < -0.39 is 0 Å². The van der Waals surface area contributed by atoms with Crippen LogP contribution in [0.1, 0.15) is 37.8 Å². The second kappa shape index (κ2) is 10.5. The van der Waals surface area contributed by atoms with E-state index >= 15 is 0 Å². The number of ether oxygens (including phenoxy) is 1. The van der Waals surface area contributed by atoms with Crippen LogP contribution in [0.5, 0.6) is 5.75 Å². The molecule has 0 spiro atoms. The van der Waals surface area contributed by atoms with Gasteiger partial charge in [-0.3, -0.25) is 0 Å². The number of rotatable bonds is 9. The van der Waals surface area contributed by atoms with Crippen LogP contribution in [0, 0.1) is 13.1 Å². The van der Waals surface area contributed by atoms with Crippen LogP contribution in [0.2, 0.25) is 0 Å². The zero-order chi connectivity index (χ0) is 18.9. The molecule has 0 aliphatic heterocycles. The topological polar surface area (TPSA) is 9.23 Å². The number of halogens is 1. The molecule has 0 aliphatic carbocycles. The third kappa shape index (κ3) is 6.39. The van der Waals surface area contributed by atoms with Gasteiger partial charge < -0.3 is 0 Å². The van der Waals surface area contributed by atoms with E-state index in [1.165, 1.54) is 37.5 Å². The Labute approximate surface area is 174 Å². The van der Waals surface area contributed by atoms with E-state index in [0.29, 0.717) is 6.61 Å². The first-order valence-corrected chi connectivity index (χ1v) is 11.9. The van der Waals surface area contributed by atoms with E-state index in [9.17, 15) is 0 Å². The third-order valence-electron chi connectivity index (χ3n) is 4.87. The van der Waals surface area contributed by atoms with Crippen molar-refractivity contribution >= 4 is 0 Å². The van der Waals surface area contributed by atoms with E-state index in [2.05, 4.69) is 92.7 Å². The van der Waals surface area contributed by atoms with Crippen molar-refractivity contribution in [2.24, 2.45) is 5.92 Å². The summed E-state index contributed by atoms with van der Waals surface area (Å²) in [6.45, 7) is 5.19. The Balaban J connectivity index is 1.51. The van der Waals surface area contributed by atoms with Gasteiger partial charge in [0.2, 0.25) is 0 Å². The normalized spacial score (nSPS) is 11.1. The predicted octanol–water partition coefficient (Wildman–Crippen LogP) is 3.37. The number of hydrogen-bond acceptors (Lipinski definition) is 1. The van der Waals surface area contributed by atoms with Crippen molar-refractivity contribution < 1.29 is 25.9 Å². The molecule has 1 nitrogen and oxygen atoms in total. The van der Waals surface area contributed by atoms with Gasteiger partial charge in [-0.1, -0.05) is 26.7 Å². The Morgan fingerprint density at radius 1 is 0.704 bits per heavy atom. The van der Waals surface area contributed by atoms with Gasteiger partial charge in [0.1, 0.15) is 0 Å². The van der Waals surface area contributed by atoms with Crippen molar-refractivity contribution in [3.05, 3.63) is 97.1 Å². The standard InChI is InChI=1S/C25H28IO/c1-3-20(4-2)18-21-10-12-22(13-11-21)19-27-25-16-14-24(15-17-25)26-23-8-6-5-7-9-23/h5-17,20H,3-4,18-19H2,1-2H3/q-1. The van der Waals surface area contributed by atoms with Gasteiger partial charge >= 0.3 is 148 Å². The molecule has 3 rings (SSSR count). The van der Waals surface area contributed by atoms with Crippen molar-refractivity contribution in [3.63, 3.8) is 0 Å². The average molecular weight is 471 g/mol. The molecule has 0 amide bonds. The minimum atomic E-state index is -0.109. The van der Waals surface area contributed by atoms with Crippen LogP contribution in [-0.4, -0.2) is 0 Å². The van der Waals surface area contributed by atoms with Gasteiger partial charge in [-0.2, -0.15) is 0 Å². The fourth-order valence-corrected chi connectivity index (χ4v) is 5.26. The average Bonchev–Trinajstić information content (AvgIpc) is 2.73. The molecule has 0 fully saturated rings. The molecule has 142 valence electrons. The van der Waals surface area contributed by atoms with Crippen molar-refractivity contribution in [1.29, 1.82) is 0 Å². The van der Waals surface area contributed by atoms with Gasteiger partial charge in [-0.05, 0) is 0 Å². The molecule has 0 unspecified atom stereocenters. The van der Waals surface area contributed by atoms with Gasteiger partial charge in [0.25, 0.3) is 0 Å². The summed E-state index contributed by atoms with van der Waals surface area (Å²) in [4.78, 5) is 0. The fourth-order valence-electron chi connectivity index (χ4n) is 3.05. The maximum atomic E-state index is 5.97.